The lowest BCUT2D eigenvalue weighted by atomic mass is 10.1. The quantitative estimate of drug-likeness (QED) is 0.765. The molecule has 0 bridgehead atoms. The van der Waals surface area contributed by atoms with Gasteiger partial charge in [-0.2, -0.15) is 0 Å². The van der Waals surface area contributed by atoms with Crippen LogP contribution in [0.5, 0.6) is 17.2 Å². The molecule has 0 aliphatic carbocycles. The van der Waals surface area contributed by atoms with E-state index in [1.807, 2.05) is 13.0 Å². The summed E-state index contributed by atoms with van der Waals surface area (Å²) in [6.45, 7) is 4.14. The highest BCUT2D eigenvalue weighted by Gasteiger charge is 2.08. The van der Waals surface area contributed by atoms with E-state index in [9.17, 15) is 4.79 Å². The summed E-state index contributed by atoms with van der Waals surface area (Å²) in [6, 6.07) is 11.2. The Hall–Kier alpha value is -2.29. The van der Waals surface area contributed by atoms with Gasteiger partial charge < -0.3 is 9.47 Å². The van der Waals surface area contributed by atoms with E-state index in [1.54, 1.807) is 25.3 Å². The van der Waals surface area contributed by atoms with Crippen LogP contribution in [-0.4, -0.2) is 13.4 Å². The highest BCUT2D eigenvalue weighted by molar-refractivity contribution is 5.76. The summed E-state index contributed by atoms with van der Waals surface area (Å²) in [6.07, 6.45) is 1.78. The van der Waals surface area contributed by atoms with Gasteiger partial charge in [-0.3, -0.25) is 4.79 Å². The average molecular weight is 270 g/mol. The lowest BCUT2D eigenvalue weighted by Gasteiger charge is -2.13. The normalized spacial score (nSPS) is 10.2. The van der Waals surface area contributed by atoms with Crippen LogP contribution >= 0.6 is 0 Å². The third-order valence-electron chi connectivity index (χ3n) is 3.19. The van der Waals surface area contributed by atoms with Crippen LogP contribution in [0.1, 0.15) is 28.4 Å². The number of methoxy groups -OCH3 is 1. The first-order valence-electron chi connectivity index (χ1n) is 6.58. The topological polar surface area (TPSA) is 35.5 Å². The fourth-order valence-corrected chi connectivity index (χ4v) is 2.01. The number of hydrogen-bond acceptors (Lipinski definition) is 3. The Morgan fingerprint density at radius 3 is 2.40 bits per heavy atom. The smallest absolute Gasteiger partial charge is 0.169 e. The van der Waals surface area contributed by atoms with Gasteiger partial charge in [-0.05, 0) is 48.7 Å². The van der Waals surface area contributed by atoms with Gasteiger partial charge in [-0.25, -0.2) is 0 Å². The molecular formula is C17H18O3. The van der Waals surface area contributed by atoms with Gasteiger partial charge in [0.25, 0.3) is 0 Å². The van der Waals surface area contributed by atoms with E-state index in [1.165, 1.54) is 5.56 Å². The van der Waals surface area contributed by atoms with Crippen LogP contribution in [0.25, 0.3) is 0 Å². The Labute approximate surface area is 119 Å². The molecule has 0 atom stereocenters. The number of ether oxygens (including phenoxy) is 2. The van der Waals surface area contributed by atoms with Gasteiger partial charge in [0, 0.05) is 5.56 Å². The Kier molecular flexibility index (Phi) is 4.41. The van der Waals surface area contributed by atoms with Crippen LogP contribution < -0.4 is 9.47 Å². The highest BCUT2D eigenvalue weighted by Crippen LogP contribution is 2.33. The molecule has 0 amide bonds. The van der Waals surface area contributed by atoms with Gasteiger partial charge in [0.15, 0.2) is 11.5 Å². The zero-order valence-electron chi connectivity index (χ0n) is 12.0. The van der Waals surface area contributed by atoms with Gasteiger partial charge >= 0.3 is 0 Å². The molecule has 3 nitrogen and oxygen atoms in total. The average Bonchev–Trinajstić information content (AvgIpc) is 2.49. The zero-order valence-corrected chi connectivity index (χ0v) is 12.0. The molecule has 2 aromatic carbocycles. The minimum Gasteiger partial charge on any atom is -0.493 e. The Morgan fingerprint density at radius 1 is 1.05 bits per heavy atom. The maximum absolute atomic E-state index is 10.8. The van der Waals surface area contributed by atoms with Crippen LogP contribution in [-0.2, 0) is 6.42 Å². The fourth-order valence-electron chi connectivity index (χ4n) is 2.01. The summed E-state index contributed by atoms with van der Waals surface area (Å²) < 4.78 is 11.2. The predicted molar refractivity (Wildman–Crippen MR) is 79.0 cm³/mol. The Balaban J connectivity index is 2.32. The van der Waals surface area contributed by atoms with E-state index >= 15 is 0 Å². The molecule has 0 heterocycles. The van der Waals surface area contributed by atoms with Gasteiger partial charge in [-0.1, -0.05) is 19.1 Å². The number of aldehydes is 1. The standard InChI is InChI=1S/C17H18O3/c1-4-13-5-7-15(12(2)9-13)20-16-8-6-14(11-18)10-17(16)19-3/h5-11H,4H2,1-3H3. The van der Waals surface area contributed by atoms with Crippen LogP contribution in [0.3, 0.4) is 0 Å². The second kappa shape index (κ2) is 6.24. The molecule has 0 spiro atoms. The van der Waals surface area contributed by atoms with Crippen molar-refractivity contribution in [2.45, 2.75) is 20.3 Å². The SMILES string of the molecule is CCc1ccc(Oc2ccc(C=O)cc2OC)c(C)c1. The van der Waals surface area contributed by atoms with E-state index in [4.69, 9.17) is 9.47 Å². The maximum atomic E-state index is 10.8. The van der Waals surface area contributed by atoms with Crippen molar-refractivity contribution in [3.05, 3.63) is 53.1 Å². The monoisotopic (exact) mass is 270 g/mol. The van der Waals surface area contributed by atoms with Crippen LogP contribution in [0.15, 0.2) is 36.4 Å². The second-order valence-corrected chi connectivity index (χ2v) is 4.58. The van der Waals surface area contributed by atoms with Crippen LogP contribution in [0, 0.1) is 6.92 Å². The van der Waals surface area contributed by atoms with E-state index in [0.717, 1.165) is 24.0 Å². The Morgan fingerprint density at radius 2 is 1.80 bits per heavy atom. The molecule has 0 fully saturated rings. The number of carbonyl (C=O) groups is 1. The van der Waals surface area contributed by atoms with Crippen LogP contribution in [0.2, 0.25) is 0 Å². The molecule has 104 valence electrons. The minimum atomic E-state index is 0.550. The molecule has 2 aromatic rings. The first kappa shape index (κ1) is 14.1. The van der Waals surface area contributed by atoms with Gasteiger partial charge in [0.05, 0.1) is 7.11 Å². The van der Waals surface area contributed by atoms with Crippen molar-refractivity contribution < 1.29 is 14.3 Å². The van der Waals surface area contributed by atoms with Crippen molar-refractivity contribution in [3.8, 4) is 17.2 Å². The molecule has 0 aliphatic heterocycles. The van der Waals surface area contributed by atoms with Crippen molar-refractivity contribution in [2.75, 3.05) is 7.11 Å². The van der Waals surface area contributed by atoms with E-state index in [0.29, 0.717) is 17.1 Å². The molecule has 2 rings (SSSR count). The summed E-state index contributed by atoms with van der Waals surface area (Å²) in [5, 5.41) is 0. The molecule has 0 unspecified atom stereocenters. The summed E-state index contributed by atoms with van der Waals surface area (Å²) in [4.78, 5) is 10.8. The summed E-state index contributed by atoms with van der Waals surface area (Å²) in [7, 11) is 1.56. The van der Waals surface area contributed by atoms with Gasteiger partial charge in [0.2, 0.25) is 0 Å². The lowest BCUT2D eigenvalue weighted by Crippen LogP contribution is -1.94. The molecule has 0 aliphatic rings. The van der Waals surface area contributed by atoms with Crippen molar-refractivity contribution in [3.63, 3.8) is 0 Å². The maximum Gasteiger partial charge on any atom is 0.169 e. The first-order valence-corrected chi connectivity index (χ1v) is 6.58. The third-order valence-corrected chi connectivity index (χ3v) is 3.19. The molecule has 0 aromatic heterocycles. The van der Waals surface area contributed by atoms with Gasteiger partial charge in [-0.15, -0.1) is 0 Å². The van der Waals surface area contributed by atoms with Crippen molar-refractivity contribution in [2.24, 2.45) is 0 Å². The molecule has 0 saturated carbocycles. The number of rotatable bonds is 5. The fraction of sp³-hybridized carbons (Fsp3) is 0.235. The van der Waals surface area contributed by atoms with Crippen molar-refractivity contribution in [1.82, 2.24) is 0 Å². The third kappa shape index (κ3) is 2.99. The number of carbonyl (C=O) groups excluding carboxylic acids is 1. The second-order valence-electron chi connectivity index (χ2n) is 4.58. The zero-order chi connectivity index (χ0) is 14.5. The van der Waals surface area contributed by atoms with Crippen molar-refractivity contribution in [1.29, 1.82) is 0 Å². The predicted octanol–water partition coefficient (Wildman–Crippen LogP) is 4.17. The van der Waals surface area contributed by atoms with E-state index in [2.05, 4.69) is 19.1 Å². The molecule has 3 heteroatoms. The largest absolute Gasteiger partial charge is 0.493 e. The van der Waals surface area contributed by atoms with Crippen molar-refractivity contribution >= 4 is 6.29 Å². The summed E-state index contributed by atoms with van der Waals surface area (Å²) in [5.41, 5.74) is 2.91. The van der Waals surface area contributed by atoms with E-state index < -0.39 is 0 Å². The molecule has 0 N–H and O–H groups in total. The number of aryl methyl sites for hydroxylation is 2. The number of hydrogen-bond donors (Lipinski definition) is 0. The molecule has 0 radical (unpaired) electrons. The minimum absolute atomic E-state index is 0.550. The summed E-state index contributed by atoms with van der Waals surface area (Å²) in [5.74, 6) is 1.94. The van der Waals surface area contributed by atoms with Gasteiger partial charge in [0.1, 0.15) is 12.0 Å². The summed E-state index contributed by atoms with van der Waals surface area (Å²) >= 11 is 0. The molecular weight excluding hydrogens is 252 g/mol. The Bertz CT molecular complexity index is 618. The number of benzene rings is 2. The van der Waals surface area contributed by atoms with Crippen LogP contribution in [0.4, 0.5) is 0 Å². The lowest BCUT2D eigenvalue weighted by molar-refractivity contribution is 0.112. The van der Waals surface area contributed by atoms with E-state index in [-0.39, 0.29) is 0 Å². The highest BCUT2D eigenvalue weighted by atomic mass is 16.5. The molecule has 20 heavy (non-hydrogen) atoms. The molecule has 0 saturated heterocycles. The first-order chi connectivity index (χ1) is 9.67.